The molecule has 2 aliphatic heterocycles. The average molecular weight is 528 g/mol. The Morgan fingerprint density at radius 3 is 2.46 bits per heavy atom. The number of aryl methyl sites for hydroxylation is 2. The van der Waals surface area contributed by atoms with E-state index in [0.29, 0.717) is 11.1 Å². The molecule has 3 aromatic rings. The molecule has 5 atom stereocenters. The highest BCUT2D eigenvalue weighted by Crippen LogP contribution is 2.50. The molecule has 37 heavy (non-hydrogen) atoms. The zero-order valence-corrected chi connectivity index (χ0v) is 21.8. The van der Waals surface area contributed by atoms with Gasteiger partial charge in [0.2, 0.25) is 0 Å². The van der Waals surface area contributed by atoms with Crippen LogP contribution in [0.3, 0.4) is 0 Å². The minimum Gasteiger partial charge on any atom is -0.421 e. The van der Waals surface area contributed by atoms with Crippen LogP contribution in [0.5, 0.6) is 5.75 Å². The molecule has 2 saturated heterocycles. The van der Waals surface area contributed by atoms with Gasteiger partial charge in [-0.3, -0.25) is 18.9 Å². The fourth-order valence-corrected chi connectivity index (χ4v) is 6.26. The van der Waals surface area contributed by atoms with Crippen molar-refractivity contribution in [3.8, 4) is 5.75 Å². The number of ether oxygens (including phenoxy) is 3. The summed E-state index contributed by atoms with van der Waals surface area (Å²) in [5.41, 5.74) is 0.713. The van der Waals surface area contributed by atoms with Crippen LogP contribution in [0, 0.1) is 13.8 Å². The van der Waals surface area contributed by atoms with Gasteiger partial charge < -0.3 is 18.7 Å². The molecule has 196 valence electrons. The Morgan fingerprint density at radius 1 is 1.03 bits per heavy atom. The molecule has 1 aromatic heterocycles. The van der Waals surface area contributed by atoms with Crippen molar-refractivity contribution >= 4 is 12.9 Å². The zero-order valence-electron chi connectivity index (χ0n) is 21.0. The van der Waals surface area contributed by atoms with Crippen molar-refractivity contribution in [2.24, 2.45) is 0 Å². The second-order valence-electron chi connectivity index (χ2n) is 9.64. The van der Waals surface area contributed by atoms with Crippen LogP contribution >= 0.6 is 7.60 Å². The fourth-order valence-electron chi connectivity index (χ4n) is 4.61. The molecule has 2 fully saturated rings. The maximum Gasteiger partial charge on any atom is 0.410 e. The van der Waals surface area contributed by atoms with Gasteiger partial charge in [0.15, 0.2) is 12.0 Å². The molecular weight excluding hydrogens is 499 g/mol. The Kier molecular flexibility index (Phi) is 6.72. The Hall–Kier alpha value is -3.01. The quantitative estimate of drug-likeness (QED) is 0.465. The van der Waals surface area contributed by atoms with Crippen molar-refractivity contribution < 1.29 is 27.8 Å². The lowest BCUT2D eigenvalue weighted by atomic mass is 10.1. The molecule has 0 amide bonds. The van der Waals surface area contributed by atoms with Gasteiger partial charge in [0.1, 0.15) is 24.1 Å². The highest BCUT2D eigenvalue weighted by molar-refractivity contribution is 7.62. The molecule has 0 saturated carbocycles. The van der Waals surface area contributed by atoms with Crippen LogP contribution in [0.15, 0.2) is 70.4 Å². The van der Waals surface area contributed by atoms with E-state index >= 15 is 0 Å². The van der Waals surface area contributed by atoms with Gasteiger partial charge in [-0.2, -0.15) is 0 Å². The number of hydrogen-bond acceptors (Lipinski definition) is 8. The number of nitrogens with zero attached hydrogens (tertiary/aromatic N) is 1. The molecule has 0 radical (unpaired) electrons. The second-order valence-corrected chi connectivity index (χ2v) is 11.6. The summed E-state index contributed by atoms with van der Waals surface area (Å²) in [4.78, 5) is 26.3. The van der Waals surface area contributed by atoms with E-state index < -0.39 is 49.2 Å². The molecule has 0 unspecified atom stereocenters. The van der Waals surface area contributed by atoms with E-state index in [0.717, 1.165) is 11.1 Å². The first-order valence-electron chi connectivity index (χ1n) is 11.9. The Bertz CT molecular complexity index is 1450. The fraction of sp³-hybridized carbons (Fsp3) is 0.385. The van der Waals surface area contributed by atoms with Crippen molar-refractivity contribution in [3.63, 3.8) is 0 Å². The number of aromatic nitrogens is 2. The lowest BCUT2D eigenvalue weighted by Gasteiger charge is -2.26. The second kappa shape index (κ2) is 9.70. The molecular formula is C26H29N2O8P. The topological polar surface area (TPSA) is 118 Å². The maximum atomic E-state index is 14.2. The first kappa shape index (κ1) is 25.6. The van der Waals surface area contributed by atoms with Gasteiger partial charge in [-0.05, 0) is 51.5 Å². The third kappa shape index (κ3) is 5.21. The predicted molar refractivity (Wildman–Crippen MR) is 135 cm³/mol. The van der Waals surface area contributed by atoms with Crippen LogP contribution in [-0.4, -0.2) is 40.3 Å². The summed E-state index contributed by atoms with van der Waals surface area (Å²) in [6.07, 6.45) is -1.57. The molecule has 10 nitrogen and oxygen atoms in total. The molecule has 0 bridgehead atoms. The third-order valence-electron chi connectivity index (χ3n) is 6.28. The van der Waals surface area contributed by atoms with Gasteiger partial charge in [0, 0.05) is 12.3 Å². The lowest BCUT2D eigenvalue weighted by molar-refractivity contribution is -0.199. The monoisotopic (exact) mass is 528 g/mol. The van der Waals surface area contributed by atoms with Gasteiger partial charge in [0.25, 0.3) is 5.56 Å². The molecule has 3 heterocycles. The first-order valence-corrected chi connectivity index (χ1v) is 13.5. The smallest absolute Gasteiger partial charge is 0.410 e. The lowest BCUT2D eigenvalue weighted by Crippen LogP contribution is -2.37. The normalized spacial score (nSPS) is 25.9. The standard InChI is InChI=1S/C26H29N2O8P/c1-16-10-11-19(17(2)14-16)36-37(31,18-8-6-5-7-9-18)32-15-20-22-23(35-26(3,4)34-22)24(33-20)28-13-12-21(29)27-25(28)30/h5-14,20,22-24H,15H2,1-4H3,(H,27,29,30)/t20-,22-,23-,24-,37-/m1/s1. The van der Waals surface area contributed by atoms with Crippen LogP contribution in [0.1, 0.15) is 31.2 Å². The Morgan fingerprint density at radius 2 is 1.76 bits per heavy atom. The van der Waals surface area contributed by atoms with Gasteiger partial charge in [-0.15, -0.1) is 0 Å². The SMILES string of the molecule is Cc1ccc(O[P@](=O)(OC[C@H]2O[C@@H](n3ccc(=O)[nH]c3=O)[C@@H]3OC(C)(C)O[C@@H]32)c2ccccc2)c(C)c1. The van der Waals surface area contributed by atoms with Crippen molar-refractivity contribution in [1.82, 2.24) is 9.55 Å². The maximum absolute atomic E-state index is 14.2. The number of fused-ring (bicyclic) bond motifs is 1. The molecule has 1 N–H and O–H groups in total. The van der Waals surface area contributed by atoms with Crippen LogP contribution in [0.25, 0.3) is 0 Å². The van der Waals surface area contributed by atoms with Gasteiger partial charge in [-0.25, -0.2) is 9.36 Å². The van der Waals surface area contributed by atoms with E-state index in [9.17, 15) is 14.2 Å². The molecule has 11 heteroatoms. The summed E-state index contributed by atoms with van der Waals surface area (Å²) in [5, 5.41) is 0.391. The summed E-state index contributed by atoms with van der Waals surface area (Å²) < 4.78 is 45.7. The minimum absolute atomic E-state index is 0.160. The average Bonchev–Trinajstić information content (AvgIpc) is 3.33. The highest BCUT2D eigenvalue weighted by atomic mass is 31.2. The zero-order chi connectivity index (χ0) is 26.4. The number of rotatable bonds is 7. The van der Waals surface area contributed by atoms with E-state index in [1.54, 1.807) is 44.2 Å². The molecule has 5 rings (SSSR count). The van der Waals surface area contributed by atoms with E-state index in [2.05, 4.69) is 4.98 Å². The first-order chi connectivity index (χ1) is 17.5. The van der Waals surface area contributed by atoms with E-state index in [4.69, 9.17) is 23.3 Å². The summed E-state index contributed by atoms with van der Waals surface area (Å²) in [6, 6.07) is 15.5. The predicted octanol–water partition coefficient (Wildman–Crippen LogP) is 3.19. The third-order valence-corrected chi connectivity index (χ3v) is 8.14. The molecule has 2 aromatic carbocycles. The van der Waals surface area contributed by atoms with E-state index in [1.807, 2.05) is 32.0 Å². The van der Waals surface area contributed by atoms with E-state index in [-0.39, 0.29) is 6.61 Å². The Balaban J connectivity index is 1.43. The van der Waals surface area contributed by atoms with Gasteiger partial charge in [-0.1, -0.05) is 35.9 Å². The van der Waals surface area contributed by atoms with Crippen molar-refractivity contribution in [2.45, 2.75) is 58.0 Å². The molecule has 2 aliphatic rings. The highest BCUT2D eigenvalue weighted by Gasteiger charge is 2.56. The van der Waals surface area contributed by atoms with E-state index in [1.165, 1.54) is 16.8 Å². The van der Waals surface area contributed by atoms with Crippen LogP contribution < -0.4 is 21.1 Å². The number of aromatic amines is 1. The summed E-state index contributed by atoms with van der Waals surface area (Å²) in [6.45, 7) is 7.20. The summed E-state index contributed by atoms with van der Waals surface area (Å²) >= 11 is 0. The number of hydrogen-bond donors (Lipinski definition) is 1. The van der Waals surface area contributed by atoms with Crippen LogP contribution in [0.2, 0.25) is 0 Å². The number of nitrogens with one attached hydrogen (secondary N) is 1. The minimum atomic E-state index is -3.86. The number of H-pyrrole nitrogens is 1. The van der Waals surface area contributed by atoms with Crippen LogP contribution in [0.4, 0.5) is 0 Å². The summed E-state index contributed by atoms with van der Waals surface area (Å²) in [7, 11) is -3.86. The molecule has 0 spiro atoms. The van der Waals surface area contributed by atoms with Crippen molar-refractivity contribution in [3.05, 3.63) is 92.8 Å². The van der Waals surface area contributed by atoms with Gasteiger partial charge in [0.05, 0.1) is 11.9 Å². The molecule has 0 aliphatic carbocycles. The van der Waals surface area contributed by atoms with Crippen molar-refractivity contribution in [1.29, 1.82) is 0 Å². The largest absolute Gasteiger partial charge is 0.421 e. The number of benzene rings is 2. The van der Waals surface area contributed by atoms with Gasteiger partial charge >= 0.3 is 13.3 Å². The van der Waals surface area contributed by atoms with Crippen molar-refractivity contribution in [2.75, 3.05) is 6.61 Å². The Labute approximate surface area is 213 Å². The summed E-state index contributed by atoms with van der Waals surface area (Å²) in [5.74, 6) is -0.498. The van der Waals surface area contributed by atoms with Crippen LogP contribution in [-0.2, 0) is 23.3 Å².